The SMILES string of the molecule is CN1Cc2cc(Nc3ncc(C#N)c(Nc4cccc(N=S(C)(C)=O)n4)n3)cc3c2C(CCO3)C1. The zero-order valence-electron chi connectivity index (χ0n) is 19.8. The number of pyridine rings is 1. The van der Waals surface area contributed by atoms with Crippen LogP contribution in [0.3, 0.4) is 0 Å². The number of hydrogen-bond acceptors (Lipinski definition) is 10. The topological polar surface area (TPSA) is 128 Å². The molecule has 2 aliphatic heterocycles. The van der Waals surface area contributed by atoms with Gasteiger partial charge in [0.05, 0.1) is 12.8 Å². The molecule has 2 aliphatic rings. The Balaban J connectivity index is 1.44. The van der Waals surface area contributed by atoms with Crippen LogP contribution in [0.2, 0.25) is 0 Å². The molecular weight excluding hydrogens is 464 g/mol. The van der Waals surface area contributed by atoms with Crippen molar-refractivity contribution in [2.24, 2.45) is 4.36 Å². The van der Waals surface area contributed by atoms with Crippen molar-refractivity contribution in [3.63, 3.8) is 0 Å². The molecule has 1 aromatic carbocycles. The van der Waals surface area contributed by atoms with Crippen LogP contribution in [0.1, 0.15) is 29.0 Å². The summed E-state index contributed by atoms with van der Waals surface area (Å²) in [5.74, 6) is 2.81. The Morgan fingerprint density at radius 3 is 2.91 bits per heavy atom. The fourth-order valence-corrected chi connectivity index (χ4v) is 5.03. The molecule has 2 aromatic heterocycles. The lowest BCUT2D eigenvalue weighted by molar-refractivity contribution is 0.210. The lowest BCUT2D eigenvalue weighted by atomic mass is 9.85. The minimum atomic E-state index is -2.35. The van der Waals surface area contributed by atoms with Gasteiger partial charge in [0.25, 0.3) is 0 Å². The van der Waals surface area contributed by atoms with Crippen LogP contribution in [0.15, 0.2) is 40.9 Å². The average molecular weight is 491 g/mol. The van der Waals surface area contributed by atoms with Gasteiger partial charge in [-0.2, -0.15) is 14.6 Å². The molecular formula is C24H26N8O2S. The highest BCUT2D eigenvalue weighted by Gasteiger charge is 2.30. The summed E-state index contributed by atoms with van der Waals surface area (Å²) in [5, 5.41) is 15.9. The van der Waals surface area contributed by atoms with Crippen LogP contribution in [-0.2, 0) is 16.3 Å². The Morgan fingerprint density at radius 1 is 1.26 bits per heavy atom. The molecule has 0 saturated carbocycles. The maximum Gasteiger partial charge on any atom is 0.229 e. The van der Waals surface area contributed by atoms with Gasteiger partial charge in [-0.15, -0.1) is 0 Å². The predicted octanol–water partition coefficient (Wildman–Crippen LogP) is 3.90. The van der Waals surface area contributed by atoms with E-state index in [4.69, 9.17) is 4.74 Å². The average Bonchev–Trinajstić information content (AvgIpc) is 2.78. The Bertz CT molecular complexity index is 1450. The summed E-state index contributed by atoms with van der Waals surface area (Å²) in [7, 11) is -0.218. The zero-order chi connectivity index (χ0) is 24.6. The van der Waals surface area contributed by atoms with Crippen LogP contribution in [0.4, 0.5) is 29.1 Å². The molecule has 4 heterocycles. The number of nitrogens with one attached hydrogen (secondary N) is 2. The highest BCUT2D eigenvalue weighted by Crippen LogP contribution is 2.42. The standard InChI is InChI=1S/C24H26N8O2S/c1-32-13-15-7-8-34-19-10-18(9-16(14-32)22(15)19)27-24-26-12-17(11-25)23(30-24)29-20-5-4-6-21(28-20)31-35(2,3)33/h4-6,9-10,12,15H,7-8,13-14H2,1-3H3,(H2,26,27,28,29,30). The van der Waals surface area contributed by atoms with E-state index in [-0.39, 0.29) is 5.56 Å². The number of aromatic nitrogens is 3. The van der Waals surface area contributed by atoms with Crippen LogP contribution in [0.5, 0.6) is 5.75 Å². The van der Waals surface area contributed by atoms with Crippen LogP contribution >= 0.6 is 0 Å². The number of rotatable bonds is 5. The third-order valence-corrected chi connectivity index (χ3v) is 6.42. The van der Waals surface area contributed by atoms with Crippen molar-refractivity contribution in [3.8, 4) is 11.8 Å². The summed E-state index contributed by atoms with van der Waals surface area (Å²) in [6, 6.07) is 11.3. The minimum absolute atomic E-state index is 0.266. The zero-order valence-corrected chi connectivity index (χ0v) is 20.6. The Hall–Kier alpha value is -3.75. The molecule has 35 heavy (non-hydrogen) atoms. The fourth-order valence-electron chi connectivity index (χ4n) is 4.48. The van der Waals surface area contributed by atoms with Gasteiger partial charge in [0.1, 0.15) is 23.2 Å². The maximum atomic E-state index is 12.0. The lowest BCUT2D eigenvalue weighted by Gasteiger charge is -2.36. The molecule has 11 heteroatoms. The van der Waals surface area contributed by atoms with E-state index < -0.39 is 9.73 Å². The summed E-state index contributed by atoms with van der Waals surface area (Å²) in [4.78, 5) is 15.5. The molecule has 1 atom stereocenters. The second-order valence-electron chi connectivity index (χ2n) is 9.05. The molecule has 0 radical (unpaired) electrons. The van der Waals surface area contributed by atoms with E-state index in [0.717, 1.165) is 30.9 Å². The van der Waals surface area contributed by atoms with Gasteiger partial charge >= 0.3 is 0 Å². The highest BCUT2D eigenvalue weighted by atomic mass is 32.2. The van der Waals surface area contributed by atoms with E-state index in [9.17, 15) is 9.47 Å². The van der Waals surface area contributed by atoms with Gasteiger partial charge in [-0.3, -0.25) is 0 Å². The molecule has 3 aromatic rings. The van der Waals surface area contributed by atoms with Crippen molar-refractivity contribution in [1.82, 2.24) is 19.9 Å². The van der Waals surface area contributed by atoms with Crippen LogP contribution in [0, 0.1) is 11.3 Å². The van der Waals surface area contributed by atoms with Crippen molar-refractivity contribution in [3.05, 3.63) is 53.2 Å². The van der Waals surface area contributed by atoms with Gasteiger partial charge in [0.15, 0.2) is 11.6 Å². The molecule has 180 valence electrons. The first kappa shape index (κ1) is 23.0. The number of hydrogen-bond donors (Lipinski definition) is 2. The first-order chi connectivity index (χ1) is 16.8. The molecule has 0 spiro atoms. The molecule has 1 unspecified atom stereocenters. The third kappa shape index (κ3) is 5.18. The Kier molecular flexibility index (Phi) is 6.00. The second-order valence-corrected chi connectivity index (χ2v) is 11.6. The maximum absolute atomic E-state index is 12.0. The van der Waals surface area contributed by atoms with E-state index in [2.05, 4.69) is 54.0 Å². The largest absolute Gasteiger partial charge is 0.493 e. The Labute approximate surface area is 204 Å². The minimum Gasteiger partial charge on any atom is -0.493 e. The normalized spacial score (nSPS) is 17.0. The van der Waals surface area contributed by atoms with Gasteiger partial charge in [0, 0.05) is 58.6 Å². The number of anilines is 4. The van der Waals surface area contributed by atoms with E-state index in [1.807, 2.05) is 6.07 Å². The van der Waals surface area contributed by atoms with E-state index in [0.29, 0.717) is 35.9 Å². The first-order valence-corrected chi connectivity index (χ1v) is 13.5. The smallest absolute Gasteiger partial charge is 0.229 e. The predicted molar refractivity (Wildman–Crippen MR) is 135 cm³/mol. The number of likely N-dealkylation sites (N-methyl/N-ethyl adjacent to an activating group) is 1. The van der Waals surface area contributed by atoms with E-state index >= 15 is 0 Å². The van der Waals surface area contributed by atoms with Crippen molar-refractivity contribution in [2.45, 2.75) is 18.9 Å². The summed E-state index contributed by atoms with van der Waals surface area (Å²) in [6.45, 7) is 2.60. The highest BCUT2D eigenvalue weighted by molar-refractivity contribution is 7.92. The van der Waals surface area contributed by atoms with Gasteiger partial charge in [-0.05, 0) is 37.2 Å². The summed E-state index contributed by atoms with van der Waals surface area (Å²) < 4.78 is 22.1. The number of nitriles is 1. The number of ether oxygens (including phenoxy) is 1. The summed E-state index contributed by atoms with van der Waals surface area (Å²) >= 11 is 0. The molecule has 0 aliphatic carbocycles. The third-order valence-electron chi connectivity index (χ3n) is 5.79. The van der Waals surface area contributed by atoms with Crippen molar-refractivity contribution in [1.29, 1.82) is 5.26 Å². The molecule has 2 N–H and O–H groups in total. The van der Waals surface area contributed by atoms with Gasteiger partial charge < -0.3 is 20.3 Å². The van der Waals surface area contributed by atoms with Gasteiger partial charge in [0.2, 0.25) is 5.95 Å². The summed E-state index contributed by atoms with van der Waals surface area (Å²) in [5.41, 5.74) is 3.64. The lowest BCUT2D eigenvalue weighted by Crippen LogP contribution is -2.33. The van der Waals surface area contributed by atoms with Crippen molar-refractivity contribution >= 4 is 38.8 Å². The van der Waals surface area contributed by atoms with E-state index in [1.165, 1.54) is 17.3 Å². The monoisotopic (exact) mass is 490 g/mol. The van der Waals surface area contributed by atoms with Crippen molar-refractivity contribution < 1.29 is 8.95 Å². The first-order valence-electron chi connectivity index (χ1n) is 11.2. The van der Waals surface area contributed by atoms with Crippen LogP contribution in [-0.4, -0.2) is 56.8 Å². The quantitative estimate of drug-likeness (QED) is 0.547. The second kappa shape index (κ2) is 9.13. The molecule has 10 nitrogen and oxygen atoms in total. The van der Waals surface area contributed by atoms with Crippen LogP contribution < -0.4 is 15.4 Å². The van der Waals surface area contributed by atoms with Gasteiger partial charge in [-0.1, -0.05) is 6.07 Å². The van der Waals surface area contributed by atoms with Crippen LogP contribution in [0.25, 0.3) is 0 Å². The molecule has 0 bridgehead atoms. The van der Waals surface area contributed by atoms with Crippen molar-refractivity contribution in [2.75, 3.05) is 43.3 Å². The molecule has 5 rings (SSSR count). The molecule has 0 saturated heterocycles. The van der Waals surface area contributed by atoms with Gasteiger partial charge in [-0.25, -0.2) is 14.2 Å². The molecule has 0 fully saturated rings. The fraction of sp³-hybridized carbons (Fsp3) is 0.333. The number of nitrogens with zero attached hydrogens (tertiary/aromatic N) is 6. The number of benzene rings is 1. The van der Waals surface area contributed by atoms with E-state index in [1.54, 1.807) is 30.7 Å². The molecule has 0 amide bonds. The summed E-state index contributed by atoms with van der Waals surface area (Å²) in [6.07, 6.45) is 5.58. The Morgan fingerprint density at radius 2 is 2.11 bits per heavy atom.